The molecule has 0 aliphatic carbocycles. The van der Waals surface area contributed by atoms with Gasteiger partial charge in [-0.1, -0.05) is 6.07 Å². The van der Waals surface area contributed by atoms with Crippen molar-refractivity contribution in [3.63, 3.8) is 0 Å². The molecule has 3 heterocycles. The Kier molecular flexibility index (Phi) is 4.47. The summed E-state index contributed by atoms with van der Waals surface area (Å²) in [4.78, 5) is 28.2. The van der Waals surface area contributed by atoms with Crippen LogP contribution in [0.25, 0.3) is 11.4 Å². The topological polar surface area (TPSA) is 82.5 Å². The van der Waals surface area contributed by atoms with Gasteiger partial charge in [0.05, 0.1) is 17.9 Å². The van der Waals surface area contributed by atoms with Gasteiger partial charge in [0.1, 0.15) is 11.6 Å². The summed E-state index contributed by atoms with van der Waals surface area (Å²) in [6, 6.07) is 7.68. The Labute approximate surface area is 134 Å². The van der Waals surface area contributed by atoms with Crippen LogP contribution in [-0.4, -0.2) is 63.7 Å². The van der Waals surface area contributed by atoms with Crippen molar-refractivity contribution in [3.8, 4) is 11.4 Å². The van der Waals surface area contributed by atoms with Crippen LogP contribution in [-0.2, 0) is 4.79 Å². The van der Waals surface area contributed by atoms with E-state index in [4.69, 9.17) is 5.11 Å². The maximum absolute atomic E-state index is 10.8. The van der Waals surface area contributed by atoms with Crippen molar-refractivity contribution >= 4 is 11.8 Å². The van der Waals surface area contributed by atoms with Crippen LogP contribution in [0.1, 0.15) is 5.82 Å². The van der Waals surface area contributed by atoms with Gasteiger partial charge in [-0.15, -0.1) is 0 Å². The van der Waals surface area contributed by atoms with Crippen LogP contribution < -0.4 is 4.90 Å². The maximum Gasteiger partial charge on any atom is 0.317 e. The monoisotopic (exact) mass is 313 g/mol. The zero-order valence-corrected chi connectivity index (χ0v) is 13.0. The lowest BCUT2D eigenvalue weighted by Crippen LogP contribution is -2.48. The molecule has 0 amide bonds. The van der Waals surface area contributed by atoms with Gasteiger partial charge in [-0.05, 0) is 19.1 Å². The third kappa shape index (κ3) is 3.81. The van der Waals surface area contributed by atoms with E-state index in [-0.39, 0.29) is 6.54 Å². The summed E-state index contributed by atoms with van der Waals surface area (Å²) in [5.74, 6) is 0.790. The van der Waals surface area contributed by atoms with Gasteiger partial charge >= 0.3 is 5.97 Å². The van der Waals surface area contributed by atoms with Crippen molar-refractivity contribution in [1.29, 1.82) is 0 Å². The van der Waals surface area contributed by atoms with Crippen LogP contribution in [0.3, 0.4) is 0 Å². The first-order valence-corrected chi connectivity index (χ1v) is 7.58. The molecule has 0 saturated carbocycles. The van der Waals surface area contributed by atoms with Crippen LogP contribution in [0, 0.1) is 6.92 Å². The second-order valence-electron chi connectivity index (χ2n) is 5.53. The van der Waals surface area contributed by atoms with Crippen LogP contribution in [0.15, 0.2) is 30.5 Å². The molecule has 7 nitrogen and oxygen atoms in total. The summed E-state index contributed by atoms with van der Waals surface area (Å²) in [6.07, 6.45) is 1.75. The molecule has 7 heteroatoms. The van der Waals surface area contributed by atoms with Crippen molar-refractivity contribution in [3.05, 3.63) is 36.3 Å². The Morgan fingerprint density at radius 1 is 1.17 bits per heavy atom. The smallest absolute Gasteiger partial charge is 0.317 e. The standard InChI is InChI=1S/C16H19N5O2/c1-12-18-14(13-4-2-3-5-17-13)10-15(19-12)21-8-6-20(7-9-21)11-16(22)23/h2-5,10H,6-9,11H2,1H3,(H,22,23). The van der Waals surface area contributed by atoms with Gasteiger partial charge in [0.2, 0.25) is 0 Å². The molecule has 2 aromatic rings. The van der Waals surface area contributed by atoms with Gasteiger partial charge in [-0.2, -0.15) is 0 Å². The molecule has 1 aliphatic rings. The van der Waals surface area contributed by atoms with Crippen LogP contribution >= 0.6 is 0 Å². The molecule has 0 aromatic carbocycles. The van der Waals surface area contributed by atoms with Gasteiger partial charge in [-0.25, -0.2) is 9.97 Å². The third-order valence-corrected chi connectivity index (χ3v) is 3.81. The summed E-state index contributed by atoms with van der Waals surface area (Å²) in [7, 11) is 0. The number of piperazine rings is 1. The Morgan fingerprint density at radius 2 is 1.96 bits per heavy atom. The molecule has 0 spiro atoms. The first kappa shape index (κ1) is 15.4. The first-order chi connectivity index (χ1) is 11.1. The van der Waals surface area contributed by atoms with Crippen molar-refractivity contribution in [1.82, 2.24) is 19.9 Å². The summed E-state index contributed by atoms with van der Waals surface area (Å²) < 4.78 is 0. The largest absolute Gasteiger partial charge is 0.480 e. The predicted molar refractivity (Wildman–Crippen MR) is 86.3 cm³/mol. The van der Waals surface area contributed by atoms with E-state index < -0.39 is 5.97 Å². The number of aromatic nitrogens is 3. The van der Waals surface area contributed by atoms with Gasteiger partial charge in [0, 0.05) is 38.4 Å². The fourth-order valence-corrected chi connectivity index (χ4v) is 2.69. The van der Waals surface area contributed by atoms with Crippen LogP contribution in [0.2, 0.25) is 0 Å². The van der Waals surface area contributed by atoms with E-state index in [1.54, 1.807) is 6.20 Å². The van der Waals surface area contributed by atoms with E-state index in [9.17, 15) is 4.79 Å². The average Bonchev–Trinajstić information content (AvgIpc) is 2.55. The molecule has 2 aromatic heterocycles. The maximum atomic E-state index is 10.8. The van der Waals surface area contributed by atoms with E-state index in [1.165, 1.54) is 0 Å². The number of anilines is 1. The minimum absolute atomic E-state index is 0.0931. The third-order valence-electron chi connectivity index (χ3n) is 3.81. The number of aryl methyl sites for hydroxylation is 1. The van der Waals surface area contributed by atoms with Crippen molar-refractivity contribution in [2.75, 3.05) is 37.6 Å². The van der Waals surface area contributed by atoms with E-state index in [0.717, 1.165) is 30.3 Å². The van der Waals surface area contributed by atoms with Gasteiger partial charge in [0.15, 0.2) is 0 Å². The average molecular weight is 313 g/mol. The van der Waals surface area contributed by atoms with Crippen molar-refractivity contribution in [2.24, 2.45) is 0 Å². The Hall–Kier alpha value is -2.54. The molecule has 0 radical (unpaired) electrons. The highest BCUT2D eigenvalue weighted by Gasteiger charge is 2.20. The zero-order valence-electron chi connectivity index (χ0n) is 13.0. The molecule has 0 unspecified atom stereocenters. The molecule has 0 atom stereocenters. The lowest BCUT2D eigenvalue weighted by Gasteiger charge is -2.34. The number of carboxylic acids is 1. The number of aliphatic carboxylic acids is 1. The number of nitrogens with zero attached hydrogens (tertiary/aromatic N) is 5. The SMILES string of the molecule is Cc1nc(-c2ccccn2)cc(N2CCN(CC(=O)O)CC2)n1. The van der Waals surface area contributed by atoms with E-state index in [2.05, 4.69) is 19.9 Å². The second-order valence-corrected chi connectivity index (χ2v) is 5.53. The second kappa shape index (κ2) is 6.70. The minimum atomic E-state index is -0.784. The van der Waals surface area contributed by atoms with E-state index >= 15 is 0 Å². The van der Waals surface area contributed by atoms with Crippen molar-refractivity contribution < 1.29 is 9.90 Å². The number of pyridine rings is 1. The Balaban J connectivity index is 1.76. The number of hydrogen-bond acceptors (Lipinski definition) is 6. The quantitative estimate of drug-likeness (QED) is 0.903. The van der Waals surface area contributed by atoms with Crippen LogP contribution in [0.5, 0.6) is 0 Å². The molecule has 23 heavy (non-hydrogen) atoms. The number of rotatable bonds is 4. The highest BCUT2D eigenvalue weighted by molar-refractivity contribution is 5.69. The number of carbonyl (C=O) groups is 1. The number of carboxylic acid groups (broad SMARTS) is 1. The van der Waals surface area contributed by atoms with E-state index in [0.29, 0.717) is 18.9 Å². The number of hydrogen-bond donors (Lipinski definition) is 1. The molecule has 0 bridgehead atoms. The fraction of sp³-hybridized carbons (Fsp3) is 0.375. The minimum Gasteiger partial charge on any atom is -0.480 e. The molecule has 1 saturated heterocycles. The molecular weight excluding hydrogens is 294 g/mol. The van der Waals surface area contributed by atoms with Gasteiger partial charge in [0.25, 0.3) is 0 Å². The first-order valence-electron chi connectivity index (χ1n) is 7.58. The Morgan fingerprint density at radius 3 is 2.61 bits per heavy atom. The molecule has 3 rings (SSSR count). The van der Waals surface area contributed by atoms with Crippen LogP contribution in [0.4, 0.5) is 5.82 Å². The molecule has 1 aliphatic heterocycles. The highest BCUT2D eigenvalue weighted by atomic mass is 16.4. The predicted octanol–water partition coefficient (Wildman–Crippen LogP) is 1.05. The summed E-state index contributed by atoms with van der Waals surface area (Å²) in [5, 5.41) is 8.86. The molecular formula is C16H19N5O2. The van der Waals surface area contributed by atoms with Crippen molar-refractivity contribution in [2.45, 2.75) is 6.92 Å². The van der Waals surface area contributed by atoms with Gasteiger partial charge in [-0.3, -0.25) is 14.7 Å². The molecule has 1 N–H and O–H groups in total. The lowest BCUT2D eigenvalue weighted by molar-refractivity contribution is -0.138. The lowest BCUT2D eigenvalue weighted by atomic mass is 10.2. The zero-order chi connectivity index (χ0) is 16.2. The molecule has 1 fully saturated rings. The van der Waals surface area contributed by atoms with Gasteiger partial charge < -0.3 is 10.0 Å². The fourth-order valence-electron chi connectivity index (χ4n) is 2.69. The van der Waals surface area contributed by atoms with E-state index in [1.807, 2.05) is 36.1 Å². The molecule has 120 valence electrons. The summed E-state index contributed by atoms with van der Waals surface area (Å²) >= 11 is 0. The summed E-state index contributed by atoms with van der Waals surface area (Å²) in [6.45, 7) is 4.91. The summed E-state index contributed by atoms with van der Waals surface area (Å²) in [5.41, 5.74) is 1.63. The highest BCUT2D eigenvalue weighted by Crippen LogP contribution is 2.21. The normalized spacial score (nSPS) is 15.6. The Bertz CT molecular complexity index is 684.